The summed E-state index contributed by atoms with van der Waals surface area (Å²) in [6, 6.07) is 0. The molecular formula is C7H16OS. The zero-order chi connectivity index (χ0) is 7.28. The van der Waals surface area contributed by atoms with Crippen molar-refractivity contribution in [3.63, 3.8) is 0 Å². The highest BCUT2D eigenvalue weighted by molar-refractivity contribution is 7.80. The molecule has 0 aromatic heterocycles. The van der Waals surface area contributed by atoms with E-state index in [9.17, 15) is 0 Å². The maximum absolute atomic E-state index is 8.95. The predicted octanol–water partition coefficient (Wildman–Crippen LogP) is 1.71. The van der Waals surface area contributed by atoms with E-state index < -0.39 is 0 Å². The molecule has 9 heavy (non-hydrogen) atoms. The van der Waals surface area contributed by atoms with Gasteiger partial charge in [-0.15, -0.1) is 0 Å². The number of hydrogen-bond acceptors (Lipinski definition) is 2. The van der Waals surface area contributed by atoms with Gasteiger partial charge in [-0.25, -0.2) is 0 Å². The van der Waals surface area contributed by atoms with Crippen LogP contribution in [0.5, 0.6) is 0 Å². The molecule has 2 atom stereocenters. The highest BCUT2D eigenvalue weighted by atomic mass is 32.1. The Balaban J connectivity index is 3.31. The second-order valence-corrected chi connectivity index (χ2v) is 2.91. The van der Waals surface area contributed by atoms with Crippen LogP contribution in [-0.2, 0) is 0 Å². The summed E-state index contributed by atoms with van der Waals surface area (Å²) < 4.78 is 0. The summed E-state index contributed by atoms with van der Waals surface area (Å²) in [4.78, 5) is 0. The third-order valence-electron chi connectivity index (χ3n) is 1.51. The van der Waals surface area contributed by atoms with Crippen molar-refractivity contribution in [2.75, 3.05) is 5.75 Å². The normalized spacial score (nSPS) is 17.3. The Hall–Kier alpha value is 0.310. The van der Waals surface area contributed by atoms with Gasteiger partial charge in [0.1, 0.15) is 0 Å². The van der Waals surface area contributed by atoms with Crippen molar-refractivity contribution >= 4 is 12.6 Å². The zero-order valence-corrected chi connectivity index (χ0v) is 7.06. The molecule has 0 saturated heterocycles. The first kappa shape index (κ1) is 9.31. The van der Waals surface area contributed by atoms with E-state index in [1.807, 2.05) is 6.92 Å². The number of thiol groups is 1. The van der Waals surface area contributed by atoms with E-state index in [1.165, 1.54) is 0 Å². The fourth-order valence-corrected chi connectivity index (χ4v) is 1.26. The van der Waals surface area contributed by atoms with Crippen LogP contribution < -0.4 is 0 Å². The van der Waals surface area contributed by atoms with Crippen LogP contribution in [0.25, 0.3) is 0 Å². The highest BCUT2D eigenvalue weighted by Crippen LogP contribution is 2.11. The summed E-state index contributed by atoms with van der Waals surface area (Å²) in [6.07, 6.45) is 1.84. The van der Waals surface area contributed by atoms with E-state index in [1.54, 1.807) is 0 Å². The van der Waals surface area contributed by atoms with E-state index in [-0.39, 0.29) is 6.10 Å². The molecule has 0 aliphatic carbocycles. The third kappa shape index (κ3) is 4.79. The van der Waals surface area contributed by atoms with Crippen LogP contribution in [0.3, 0.4) is 0 Å². The summed E-state index contributed by atoms with van der Waals surface area (Å²) in [5.41, 5.74) is 0. The van der Waals surface area contributed by atoms with Crippen LogP contribution in [0, 0.1) is 5.92 Å². The smallest absolute Gasteiger partial charge is 0.0515 e. The van der Waals surface area contributed by atoms with Gasteiger partial charge in [0, 0.05) is 0 Å². The second kappa shape index (κ2) is 5.12. The van der Waals surface area contributed by atoms with Gasteiger partial charge in [-0.3, -0.25) is 0 Å². The van der Waals surface area contributed by atoms with E-state index >= 15 is 0 Å². The molecule has 56 valence electrons. The molecule has 0 rings (SSSR count). The van der Waals surface area contributed by atoms with Gasteiger partial charge in [-0.1, -0.05) is 13.3 Å². The molecular weight excluding hydrogens is 132 g/mol. The molecule has 0 radical (unpaired) electrons. The number of hydrogen-bond donors (Lipinski definition) is 2. The SMILES string of the molecule is CCC(CS)CC(C)O. The summed E-state index contributed by atoms with van der Waals surface area (Å²) in [5.74, 6) is 1.48. The Morgan fingerprint density at radius 2 is 2.11 bits per heavy atom. The van der Waals surface area contributed by atoms with Crippen molar-refractivity contribution in [1.29, 1.82) is 0 Å². The lowest BCUT2D eigenvalue weighted by Crippen LogP contribution is -2.10. The van der Waals surface area contributed by atoms with Gasteiger partial charge in [0.2, 0.25) is 0 Å². The minimum Gasteiger partial charge on any atom is -0.393 e. The van der Waals surface area contributed by atoms with Crippen molar-refractivity contribution in [2.24, 2.45) is 5.92 Å². The first-order chi connectivity index (χ1) is 4.20. The van der Waals surface area contributed by atoms with E-state index in [0.717, 1.165) is 18.6 Å². The van der Waals surface area contributed by atoms with Gasteiger partial charge in [-0.05, 0) is 25.0 Å². The summed E-state index contributed by atoms with van der Waals surface area (Å²) in [7, 11) is 0. The minimum absolute atomic E-state index is 0.165. The molecule has 2 unspecified atom stereocenters. The zero-order valence-electron chi connectivity index (χ0n) is 6.17. The molecule has 2 heteroatoms. The van der Waals surface area contributed by atoms with E-state index in [2.05, 4.69) is 19.6 Å². The lowest BCUT2D eigenvalue weighted by Gasteiger charge is -2.12. The minimum atomic E-state index is -0.165. The van der Waals surface area contributed by atoms with Gasteiger partial charge in [0.25, 0.3) is 0 Å². The van der Waals surface area contributed by atoms with Gasteiger partial charge in [0.15, 0.2) is 0 Å². The van der Waals surface area contributed by atoms with Gasteiger partial charge < -0.3 is 5.11 Å². The number of rotatable bonds is 4. The largest absolute Gasteiger partial charge is 0.393 e. The fraction of sp³-hybridized carbons (Fsp3) is 1.00. The van der Waals surface area contributed by atoms with Crippen molar-refractivity contribution < 1.29 is 5.11 Å². The van der Waals surface area contributed by atoms with Crippen LogP contribution >= 0.6 is 12.6 Å². The summed E-state index contributed by atoms with van der Waals surface area (Å²) in [6.45, 7) is 3.95. The average Bonchev–Trinajstić information content (AvgIpc) is 1.82. The predicted molar refractivity (Wildman–Crippen MR) is 43.9 cm³/mol. The lowest BCUT2D eigenvalue weighted by atomic mass is 10.0. The van der Waals surface area contributed by atoms with Gasteiger partial charge in [0.05, 0.1) is 6.10 Å². The third-order valence-corrected chi connectivity index (χ3v) is 2.03. The molecule has 0 aliphatic rings. The molecule has 0 amide bonds. The van der Waals surface area contributed by atoms with Crippen molar-refractivity contribution in [3.05, 3.63) is 0 Å². The second-order valence-electron chi connectivity index (χ2n) is 2.54. The molecule has 1 N–H and O–H groups in total. The molecule has 0 spiro atoms. The summed E-state index contributed by atoms with van der Waals surface area (Å²) in [5, 5.41) is 8.95. The van der Waals surface area contributed by atoms with Crippen LogP contribution in [0.4, 0.5) is 0 Å². The molecule has 0 bridgehead atoms. The average molecular weight is 148 g/mol. The van der Waals surface area contributed by atoms with Crippen LogP contribution in [0.2, 0.25) is 0 Å². The lowest BCUT2D eigenvalue weighted by molar-refractivity contribution is 0.164. The topological polar surface area (TPSA) is 20.2 Å². The maximum atomic E-state index is 8.95. The Bertz CT molecular complexity index is 59.9. The molecule has 0 saturated carbocycles. The van der Waals surface area contributed by atoms with Crippen molar-refractivity contribution in [1.82, 2.24) is 0 Å². The monoisotopic (exact) mass is 148 g/mol. The van der Waals surface area contributed by atoms with Gasteiger partial charge in [-0.2, -0.15) is 12.6 Å². The fourth-order valence-electron chi connectivity index (χ4n) is 0.853. The van der Waals surface area contributed by atoms with E-state index in [4.69, 9.17) is 5.11 Å². The Morgan fingerprint density at radius 3 is 2.22 bits per heavy atom. The Labute approximate surface area is 62.9 Å². The first-order valence-corrected chi connectivity index (χ1v) is 4.12. The molecule has 0 fully saturated rings. The Kier molecular flexibility index (Phi) is 5.30. The molecule has 1 nitrogen and oxygen atoms in total. The maximum Gasteiger partial charge on any atom is 0.0515 e. The van der Waals surface area contributed by atoms with E-state index in [0.29, 0.717) is 5.92 Å². The molecule has 0 aliphatic heterocycles. The Morgan fingerprint density at radius 1 is 1.56 bits per heavy atom. The van der Waals surface area contributed by atoms with Crippen molar-refractivity contribution in [2.45, 2.75) is 32.8 Å². The molecule has 0 aromatic rings. The van der Waals surface area contributed by atoms with Crippen molar-refractivity contribution in [3.8, 4) is 0 Å². The van der Waals surface area contributed by atoms with Crippen LogP contribution in [-0.4, -0.2) is 17.0 Å². The van der Waals surface area contributed by atoms with Crippen LogP contribution in [0.15, 0.2) is 0 Å². The quantitative estimate of drug-likeness (QED) is 0.582. The van der Waals surface area contributed by atoms with Gasteiger partial charge >= 0.3 is 0 Å². The number of aliphatic hydroxyl groups is 1. The highest BCUT2D eigenvalue weighted by Gasteiger charge is 2.06. The summed E-state index contributed by atoms with van der Waals surface area (Å²) >= 11 is 4.16. The molecule has 0 aromatic carbocycles. The standard InChI is InChI=1S/C7H16OS/c1-3-7(5-9)4-6(2)8/h6-9H,3-5H2,1-2H3. The first-order valence-electron chi connectivity index (χ1n) is 3.49. The number of aliphatic hydroxyl groups excluding tert-OH is 1. The molecule has 0 heterocycles. The van der Waals surface area contributed by atoms with Crippen LogP contribution in [0.1, 0.15) is 26.7 Å².